The topological polar surface area (TPSA) is 55.6 Å². The molecule has 1 aliphatic carbocycles. The predicted molar refractivity (Wildman–Crippen MR) is 71.1 cm³/mol. The molecule has 0 radical (unpaired) electrons. The van der Waals surface area contributed by atoms with Gasteiger partial charge in [0.1, 0.15) is 0 Å². The largest absolute Gasteiger partial charge is 0.384 e. The summed E-state index contributed by atoms with van der Waals surface area (Å²) in [5.41, 5.74) is 5.96. The Kier molecular flexibility index (Phi) is 4.62. The van der Waals surface area contributed by atoms with Crippen molar-refractivity contribution in [3.05, 3.63) is 0 Å². The smallest absolute Gasteiger partial charge is 0.223 e. The summed E-state index contributed by atoms with van der Waals surface area (Å²) < 4.78 is 5.21. The third-order valence-electron chi connectivity index (χ3n) is 4.65. The van der Waals surface area contributed by atoms with Crippen molar-refractivity contribution in [2.75, 3.05) is 33.4 Å². The van der Waals surface area contributed by atoms with Gasteiger partial charge in [0.2, 0.25) is 5.91 Å². The maximum atomic E-state index is 12.3. The van der Waals surface area contributed by atoms with Gasteiger partial charge in [-0.2, -0.15) is 0 Å². The van der Waals surface area contributed by atoms with Crippen LogP contribution in [0.25, 0.3) is 0 Å². The van der Waals surface area contributed by atoms with Crippen LogP contribution in [-0.4, -0.2) is 44.2 Å². The quantitative estimate of drug-likeness (QED) is 0.806. The van der Waals surface area contributed by atoms with Crippen LogP contribution in [0, 0.1) is 11.3 Å². The fraction of sp³-hybridized carbons (Fsp3) is 0.929. The predicted octanol–water partition coefficient (Wildman–Crippen LogP) is 1.39. The third kappa shape index (κ3) is 3.04. The number of likely N-dealkylation sites (tertiary alicyclic amines) is 1. The molecule has 0 aromatic carbocycles. The third-order valence-corrected chi connectivity index (χ3v) is 4.65. The molecule has 2 fully saturated rings. The van der Waals surface area contributed by atoms with Crippen LogP contribution in [0.3, 0.4) is 0 Å². The lowest BCUT2D eigenvalue weighted by Crippen LogP contribution is -2.46. The molecule has 0 spiro atoms. The van der Waals surface area contributed by atoms with Crippen molar-refractivity contribution in [3.63, 3.8) is 0 Å². The molecule has 0 aromatic heterocycles. The Balaban J connectivity index is 1.84. The highest BCUT2D eigenvalue weighted by atomic mass is 16.5. The van der Waals surface area contributed by atoms with E-state index < -0.39 is 0 Å². The van der Waals surface area contributed by atoms with Crippen molar-refractivity contribution in [2.24, 2.45) is 17.1 Å². The van der Waals surface area contributed by atoms with Gasteiger partial charge in [-0.25, -0.2) is 0 Å². The van der Waals surface area contributed by atoms with E-state index in [1.54, 1.807) is 7.11 Å². The molecule has 18 heavy (non-hydrogen) atoms. The summed E-state index contributed by atoms with van der Waals surface area (Å²) in [6, 6.07) is 0. The van der Waals surface area contributed by atoms with Crippen molar-refractivity contribution in [3.8, 4) is 0 Å². The Labute approximate surface area is 110 Å². The Morgan fingerprint density at radius 1 is 1.44 bits per heavy atom. The molecule has 0 aromatic rings. The maximum Gasteiger partial charge on any atom is 0.223 e. The molecule has 2 N–H and O–H groups in total. The molecule has 1 unspecified atom stereocenters. The number of methoxy groups -OCH3 is 1. The number of nitrogens with zero attached hydrogens (tertiary/aromatic N) is 1. The highest BCUT2D eigenvalue weighted by Gasteiger charge is 2.39. The Bertz CT molecular complexity index is 282. The first-order valence-corrected chi connectivity index (χ1v) is 7.16. The molecule has 4 heteroatoms. The standard InChI is InChI=1S/C14H26N2O2/c1-18-10-12-4-2-7-16(9-12)13(17)8-14(11-15)5-3-6-14/h12H,2-11,15H2,1H3. The summed E-state index contributed by atoms with van der Waals surface area (Å²) in [5.74, 6) is 0.823. The lowest BCUT2D eigenvalue weighted by atomic mass is 9.66. The summed E-state index contributed by atoms with van der Waals surface area (Å²) >= 11 is 0. The number of carbonyl (C=O) groups is 1. The first-order valence-electron chi connectivity index (χ1n) is 7.16. The molecule has 1 amide bonds. The normalized spacial score (nSPS) is 26.8. The van der Waals surface area contributed by atoms with Gasteiger partial charge in [0.15, 0.2) is 0 Å². The van der Waals surface area contributed by atoms with Crippen LogP contribution >= 0.6 is 0 Å². The summed E-state index contributed by atoms with van der Waals surface area (Å²) in [6.45, 7) is 3.22. The molecule has 104 valence electrons. The summed E-state index contributed by atoms with van der Waals surface area (Å²) in [4.78, 5) is 14.4. The number of piperidine rings is 1. The summed E-state index contributed by atoms with van der Waals surface area (Å²) in [5, 5.41) is 0. The number of amides is 1. The maximum absolute atomic E-state index is 12.3. The van der Waals surface area contributed by atoms with Gasteiger partial charge in [0.05, 0.1) is 6.61 Å². The van der Waals surface area contributed by atoms with E-state index in [1.165, 1.54) is 12.8 Å². The van der Waals surface area contributed by atoms with E-state index in [4.69, 9.17) is 10.5 Å². The lowest BCUT2D eigenvalue weighted by molar-refractivity contribution is -0.137. The van der Waals surface area contributed by atoms with Gasteiger partial charge < -0.3 is 15.4 Å². The summed E-state index contributed by atoms with van der Waals surface area (Å²) in [6.07, 6.45) is 6.43. The lowest BCUT2D eigenvalue weighted by Gasteiger charge is -2.42. The van der Waals surface area contributed by atoms with Crippen LogP contribution in [0.4, 0.5) is 0 Å². The van der Waals surface area contributed by atoms with E-state index in [0.29, 0.717) is 24.8 Å². The monoisotopic (exact) mass is 254 g/mol. The van der Waals surface area contributed by atoms with Crippen molar-refractivity contribution >= 4 is 5.91 Å². The number of carbonyl (C=O) groups excluding carboxylic acids is 1. The number of hydrogen-bond donors (Lipinski definition) is 1. The number of hydrogen-bond acceptors (Lipinski definition) is 3. The molecule has 2 rings (SSSR count). The fourth-order valence-electron chi connectivity index (χ4n) is 3.23. The van der Waals surface area contributed by atoms with Gasteiger partial charge in [-0.3, -0.25) is 4.79 Å². The van der Waals surface area contributed by atoms with E-state index in [2.05, 4.69) is 0 Å². The van der Waals surface area contributed by atoms with E-state index in [0.717, 1.165) is 39.0 Å². The molecule has 1 heterocycles. The molecule has 1 atom stereocenters. The van der Waals surface area contributed by atoms with Crippen LogP contribution in [0.15, 0.2) is 0 Å². The molecule has 1 aliphatic heterocycles. The zero-order chi connectivity index (χ0) is 13.0. The van der Waals surface area contributed by atoms with Gasteiger partial charge in [0.25, 0.3) is 0 Å². The van der Waals surface area contributed by atoms with Gasteiger partial charge >= 0.3 is 0 Å². The molecular weight excluding hydrogens is 228 g/mol. The summed E-state index contributed by atoms with van der Waals surface area (Å²) in [7, 11) is 1.73. The minimum Gasteiger partial charge on any atom is -0.384 e. The highest BCUT2D eigenvalue weighted by molar-refractivity contribution is 5.77. The van der Waals surface area contributed by atoms with Gasteiger partial charge in [-0.1, -0.05) is 6.42 Å². The minimum atomic E-state index is 0.130. The van der Waals surface area contributed by atoms with E-state index in [9.17, 15) is 4.79 Å². The Morgan fingerprint density at radius 3 is 2.78 bits per heavy atom. The average molecular weight is 254 g/mol. The van der Waals surface area contributed by atoms with E-state index in [1.807, 2.05) is 4.90 Å². The molecule has 2 aliphatic rings. The van der Waals surface area contributed by atoms with Crippen LogP contribution in [0.1, 0.15) is 38.5 Å². The SMILES string of the molecule is COCC1CCCN(C(=O)CC2(CN)CCC2)C1. The van der Waals surface area contributed by atoms with Crippen molar-refractivity contribution in [2.45, 2.75) is 38.5 Å². The molecular formula is C14H26N2O2. The van der Waals surface area contributed by atoms with Crippen LogP contribution in [0.5, 0.6) is 0 Å². The van der Waals surface area contributed by atoms with Crippen molar-refractivity contribution in [1.82, 2.24) is 4.90 Å². The Morgan fingerprint density at radius 2 is 2.22 bits per heavy atom. The van der Waals surface area contributed by atoms with Crippen LogP contribution in [0.2, 0.25) is 0 Å². The number of nitrogens with two attached hydrogens (primary N) is 1. The second-order valence-electron chi connectivity index (χ2n) is 6.04. The molecule has 1 saturated carbocycles. The van der Waals surface area contributed by atoms with Crippen LogP contribution < -0.4 is 5.73 Å². The fourth-order valence-corrected chi connectivity index (χ4v) is 3.23. The first-order chi connectivity index (χ1) is 8.69. The second kappa shape index (κ2) is 6.02. The highest BCUT2D eigenvalue weighted by Crippen LogP contribution is 2.43. The zero-order valence-corrected chi connectivity index (χ0v) is 11.5. The van der Waals surface area contributed by atoms with Crippen molar-refractivity contribution in [1.29, 1.82) is 0 Å². The molecule has 4 nitrogen and oxygen atoms in total. The first kappa shape index (κ1) is 13.8. The molecule has 1 saturated heterocycles. The van der Waals surface area contributed by atoms with E-state index >= 15 is 0 Å². The van der Waals surface area contributed by atoms with Gasteiger partial charge in [-0.05, 0) is 43.6 Å². The minimum absolute atomic E-state index is 0.130. The number of rotatable bonds is 5. The van der Waals surface area contributed by atoms with Gasteiger partial charge in [-0.15, -0.1) is 0 Å². The van der Waals surface area contributed by atoms with E-state index in [-0.39, 0.29) is 5.41 Å². The number of ether oxygens (including phenoxy) is 1. The van der Waals surface area contributed by atoms with Crippen molar-refractivity contribution < 1.29 is 9.53 Å². The van der Waals surface area contributed by atoms with Gasteiger partial charge in [0, 0.05) is 26.6 Å². The zero-order valence-electron chi connectivity index (χ0n) is 11.5. The Hall–Kier alpha value is -0.610. The van der Waals surface area contributed by atoms with Crippen LogP contribution in [-0.2, 0) is 9.53 Å². The molecule has 0 bridgehead atoms. The average Bonchev–Trinajstić information content (AvgIpc) is 2.34. The second-order valence-corrected chi connectivity index (χ2v) is 6.04.